The van der Waals surface area contributed by atoms with Gasteiger partial charge in [-0.1, -0.05) is 32.3 Å². The maximum absolute atomic E-state index is 13.8. The molecule has 1 aliphatic carbocycles. The van der Waals surface area contributed by atoms with Crippen LogP contribution in [0.25, 0.3) is 16.5 Å². The van der Waals surface area contributed by atoms with E-state index in [0.29, 0.717) is 72.4 Å². The first kappa shape index (κ1) is 40.9. The second kappa shape index (κ2) is 17.5. The number of piperidine rings is 1. The van der Waals surface area contributed by atoms with Crippen LogP contribution in [0.5, 0.6) is 5.75 Å². The Kier molecular flexibility index (Phi) is 11.6. The molecule has 5 aromatic rings. The number of aryl methyl sites for hydroxylation is 1. The lowest BCUT2D eigenvalue weighted by molar-refractivity contribution is -0.136. The number of nitrogens with one attached hydrogen (secondary N) is 3. The summed E-state index contributed by atoms with van der Waals surface area (Å²) in [6.45, 7) is 9.02. The summed E-state index contributed by atoms with van der Waals surface area (Å²) in [6, 6.07) is 10.2. The molecule has 3 aliphatic heterocycles. The number of carbonyl (C=O) groups is 3. The first-order chi connectivity index (χ1) is 30.2. The van der Waals surface area contributed by atoms with Gasteiger partial charge in [-0.05, 0) is 68.9 Å². The first-order valence-electron chi connectivity index (χ1n) is 21.8. The van der Waals surface area contributed by atoms with Crippen LogP contribution < -0.4 is 31.1 Å². The van der Waals surface area contributed by atoms with E-state index in [1.807, 2.05) is 42.3 Å². The minimum atomic E-state index is -0.821. The summed E-state index contributed by atoms with van der Waals surface area (Å²) in [4.78, 5) is 67.6. The summed E-state index contributed by atoms with van der Waals surface area (Å²) >= 11 is 0. The molecule has 18 heteroatoms. The quantitative estimate of drug-likeness (QED) is 0.148. The van der Waals surface area contributed by atoms with Gasteiger partial charge in [0.15, 0.2) is 11.6 Å². The molecule has 3 amide bonds. The van der Waals surface area contributed by atoms with E-state index < -0.39 is 11.9 Å². The number of carbonyl (C=O) groups excluding carboxylic acids is 3. The van der Waals surface area contributed by atoms with E-state index in [9.17, 15) is 19.2 Å². The Balaban J connectivity index is 0.819. The van der Waals surface area contributed by atoms with E-state index >= 15 is 0 Å². The molecule has 0 radical (unpaired) electrons. The van der Waals surface area contributed by atoms with Crippen LogP contribution in [-0.2, 0) is 9.59 Å². The van der Waals surface area contributed by atoms with Crippen LogP contribution in [0.1, 0.15) is 92.4 Å². The van der Waals surface area contributed by atoms with Crippen molar-refractivity contribution in [3.8, 4) is 11.4 Å². The predicted molar refractivity (Wildman–Crippen MR) is 233 cm³/mol. The first-order valence-corrected chi connectivity index (χ1v) is 21.8. The molecule has 1 saturated carbocycles. The molecule has 62 heavy (non-hydrogen) atoms. The molecule has 9 rings (SSSR count). The maximum Gasteiger partial charge on any atom is 0.275 e. The SMILES string of the molecule is CC[C@@H]1c2nnc(C)n2-c2cnc(Nc3ccc(C(=O)N4CCN(CCNc5ccc6cnn(C7CCC(=O)NC7=O)c(=O)c6c5)CC4)cc3OC)nc2N1CC1CCCCC1. The number of nitrogens with zero attached hydrogens (tertiary/aromatic N) is 10. The number of benzene rings is 2. The van der Waals surface area contributed by atoms with Crippen molar-refractivity contribution in [2.45, 2.75) is 77.3 Å². The summed E-state index contributed by atoms with van der Waals surface area (Å²) in [7, 11) is 1.59. The van der Waals surface area contributed by atoms with Crippen LogP contribution >= 0.6 is 0 Å². The fourth-order valence-electron chi connectivity index (χ4n) is 9.40. The molecular formula is C44H53N13O5. The van der Waals surface area contributed by atoms with Crippen LogP contribution in [0.2, 0.25) is 0 Å². The Morgan fingerprint density at radius 3 is 2.56 bits per heavy atom. The van der Waals surface area contributed by atoms with Crippen molar-refractivity contribution in [3.05, 3.63) is 76.4 Å². The lowest BCUT2D eigenvalue weighted by Crippen LogP contribution is -2.49. The van der Waals surface area contributed by atoms with Gasteiger partial charge >= 0.3 is 0 Å². The average Bonchev–Trinajstić information content (AvgIpc) is 3.68. The fourth-order valence-corrected chi connectivity index (χ4v) is 9.40. The lowest BCUT2D eigenvalue weighted by Gasteiger charge is -2.39. The molecule has 3 fully saturated rings. The Morgan fingerprint density at radius 1 is 0.968 bits per heavy atom. The topological polar surface area (TPSA) is 198 Å². The van der Waals surface area contributed by atoms with Crippen molar-refractivity contribution in [3.63, 3.8) is 0 Å². The standard InChI is InChI=1S/C44H53N13O5/c1-4-34-40-52-51-27(2)56(40)36-25-46-44(50-39(36)55(34)26-28-8-6-5-7-9-28)48-33-13-11-29(22-37(33)62-3)42(60)54-20-18-53(19-21-54)17-16-45-31-12-10-30-24-47-57(43(61)32(30)23-31)35-14-15-38(58)49-41(35)59/h10-13,22-25,28,34-35,45H,4-9,14-21,26H2,1-3H3,(H,46,48,50)(H,49,58,59)/t34-,35?/m1/s1. The Hall–Kier alpha value is -6.43. The predicted octanol–water partition coefficient (Wildman–Crippen LogP) is 4.53. The van der Waals surface area contributed by atoms with Crippen LogP contribution in [-0.4, -0.2) is 115 Å². The summed E-state index contributed by atoms with van der Waals surface area (Å²) in [5.74, 6) is 3.23. The number of fused-ring (bicyclic) bond motifs is 4. The molecule has 1 unspecified atom stereocenters. The number of amides is 3. The normalized spacial score (nSPS) is 19.5. The highest BCUT2D eigenvalue weighted by molar-refractivity contribution is 5.99. The fraction of sp³-hybridized carbons (Fsp3) is 0.477. The number of imide groups is 1. The third kappa shape index (κ3) is 8.06. The van der Waals surface area contributed by atoms with Gasteiger partial charge in [-0.15, -0.1) is 10.2 Å². The highest BCUT2D eigenvalue weighted by Gasteiger charge is 2.36. The third-order valence-corrected chi connectivity index (χ3v) is 12.8. The second-order valence-electron chi connectivity index (χ2n) is 16.7. The zero-order valence-corrected chi connectivity index (χ0v) is 35.5. The zero-order valence-electron chi connectivity index (χ0n) is 35.5. The number of hydrogen-bond donors (Lipinski definition) is 3. The van der Waals surface area contributed by atoms with Crippen molar-refractivity contribution >= 4 is 51.6 Å². The number of aromatic nitrogens is 7. The zero-order chi connectivity index (χ0) is 42.9. The van der Waals surface area contributed by atoms with Gasteiger partial charge in [-0.2, -0.15) is 10.1 Å². The molecular weight excluding hydrogens is 791 g/mol. The second-order valence-corrected chi connectivity index (χ2v) is 16.7. The highest BCUT2D eigenvalue weighted by atomic mass is 16.5. The number of anilines is 4. The molecule has 0 spiro atoms. The summed E-state index contributed by atoms with van der Waals surface area (Å²) in [5, 5.41) is 23.4. The molecule has 324 valence electrons. The number of ether oxygens (including phenoxy) is 1. The Bertz CT molecular complexity index is 2560. The number of rotatable bonds is 12. The highest BCUT2D eigenvalue weighted by Crippen LogP contribution is 2.41. The molecule has 3 aromatic heterocycles. The van der Waals surface area contributed by atoms with Crippen molar-refractivity contribution in [2.24, 2.45) is 5.92 Å². The van der Waals surface area contributed by atoms with Gasteiger partial charge in [0, 0.05) is 68.9 Å². The van der Waals surface area contributed by atoms with Crippen molar-refractivity contribution < 1.29 is 19.1 Å². The van der Waals surface area contributed by atoms with Gasteiger partial charge in [0.2, 0.25) is 11.9 Å². The Labute approximate surface area is 359 Å². The van der Waals surface area contributed by atoms with Crippen LogP contribution in [0.3, 0.4) is 0 Å². The van der Waals surface area contributed by atoms with E-state index in [1.54, 1.807) is 25.4 Å². The van der Waals surface area contributed by atoms with E-state index in [0.717, 1.165) is 48.4 Å². The van der Waals surface area contributed by atoms with Crippen molar-refractivity contribution in [1.29, 1.82) is 0 Å². The minimum Gasteiger partial charge on any atom is -0.495 e. The minimum absolute atomic E-state index is 0.0547. The monoisotopic (exact) mass is 843 g/mol. The van der Waals surface area contributed by atoms with Crippen LogP contribution in [0.15, 0.2) is 53.6 Å². The molecule has 18 nitrogen and oxygen atoms in total. The molecule has 4 aliphatic rings. The molecule has 3 N–H and O–H groups in total. The summed E-state index contributed by atoms with van der Waals surface area (Å²) in [5.41, 5.74) is 2.47. The Morgan fingerprint density at radius 2 is 1.79 bits per heavy atom. The van der Waals surface area contributed by atoms with Gasteiger partial charge < -0.3 is 25.2 Å². The van der Waals surface area contributed by atoms with E-state index in [2.05, 4.69) is 52.5 Å². The molecule has 0 bridgehead atoms. The third-order valence-electron chi connectivity index (χ3n) is 12.8. The van der Waals surface area contributed by atoms with E-state index in [-0.39, 0.29) is 36.3 Å². The smallest absolute Gasteiger partial charge is 0.275 e. The maximum atomic E-state index is 13.8. The molecule has 2 saturated heterocycles. The van der Waals surface area contributed by atoms with Gasteiger partial charge in [-0.25, -0.2) is 9.67 Å². The number of hydrogen-bond acceptors (Lipinski definition) is 14. The largest absolute Gasteiger partial charge is 0.495 e. The molecule has 2 atom stereocenters. The van der Waals surface area contributed by atoms with Gasteiger partial charge in [0.1, 0.15) is 23.3 Å². The summed E-state index contributed by atoms with van der Waals surface area (Å²) in [6.07, 6.45) is 10.9. The van der Waals surface area contributed by atoms with Crippen molar-refractivity contribution in [2.75, 3.05) is 68.5 Å². The number of methoxy groups -OCH3 is 1. The van der Waals surface area contributed by atoms with E-state index in [4.69, 9.17) is 14.7 Å². The summed E-state index contributed by atoms with van der Waals surface area (Å²) < 4.78 is 9.06. The van der Waals surface area contributed by atoms with E-state index in [1.165, 1.54) is 36.8 Å². The van der Waals surface area contributed by atoms with Crippen LogP contribution in [0.4, 0.5) is 23.1 Å². The van der Waals surface area contributed by atoms with Crippen molar-refractivity contribution in [1.82, 2.24) is 49.6 Å². The lowest BCUT2D eigenvalue weighted by atomic mass is 9.88. The average molecular weight is 844 g/mol. The number of piperazine rings is 1. The molecule has 6 heterocycles. The van der Waals surface area contributed by atoms with Gasteiger partial charge in [0.25, 0.3) is 17.4 Å². The molecule has 2 aromatic carbocycles. The van der Waals surface area contributed by atoms with Crippen LogP contribution in [0, 0.1) is 12.8 Å². The van der Waals surface area contributed by atoms with Gasteiger partial charge in [0.05, 0.1) is 36.6 Å². The van der Waals surface area contributed by atoms with Gasteiger partial charge in [-0.3, -0.25) is 34.0 Å².